The average Bonchev–Trinajstić information content (AvgIpc) is 2.22. The highest BCUT2D eigenvalue weighted by Crippen LogP contribution is 2.22. The zero-order chi connectivity index (χ0) is 12.1. The van der Waals surface area contributed by atoms with Crippen molar-refractivity contribution in [2.24, 2.45) is 4.99 Å². The van der Waals surface area contributed by atoms with Crippen molar-refractivity contribution in [1.82, 2.24) is 0 Å². The third kappa shape index (κ3) is 2.92. The minimum absolute atomic E-state index is 0.0437. The van der Waals surface area contributed by atoms with Gasteiger partial charge < -0.3 is 10.2 Å². The number of carboxylic acid groups (broad SMARTS) is 1. The van der Waals surface area contributed by atoms with Gasteiger partial charge in [-0.05, 0) is 12.8 Å². The lowest BCUT2D eigenvalue weighted by atomic mass is 9.92. The van der Waals surface area contributed by atoms with Gasteiger partial charge in [0, 0.05) is 18.6 Å². The fourth-order valence-corrected chi connectivity index (χ4v) is 1.69. The highest BCUT2D eigenvalue weighted by molar-refractivity contribution is 6.23. The molecule has 0 aromatic carbocycles. The van der Waals surface area contributed by atoms with E-state index in [1.165, 1.54) is 0 Å². The molecule has 2 N–H and O–H groups in total. The third-order valence-electron chi connectivity index (χ3n) is 2.41. The van der Waals surface area contributed by atoms with Crippen LogP contribution < -0.4 is 0 Å². The van der Waals surface area contributed by atoms with E-state index in [2.05, 4.69) is 4.99 Å². The maximum absolute atomic E-state index is 11.6. The topological polar surface area (TPSA) is 87.0 Å². The number of aliphatic hydroxyl groups is 1. The van der Waals surface area contributed by atoms with E-state index in [1.807, 2.05) is 0 Å². The Bertz CT molecular complexity index is 368. The van der Waals surface area contributed by atoms with E-state index in [9.17, 15) is 14.7 Å². The molecule has 88 valence electrons. The first-order valence-corrected chi connectivity index (χ1v) is 5.27. The number of aliphatic imine (C=N–C) groups is 1. The number of aliphatic carboxylic acids is 1. The van der Waals surface area contributed by atoms with Crippen LogP contribution >= 0.6 is 0 Å². The van der Waals surface area contributed by atoms with Crippen molar-refractivity contribution in [3.63, 3.8) is 0 Å². The zero-order valence-corrected chi connectivity index (χ0v) is 9.19. The number of allylic oxidation sites excluding steroid dienone is 2. The first kappa shape index (κ1) is 12.4. The van der Waals surface area contributed by atoms with Gasteiger partial charge in [-0.3, -0.25) is 14.6 Å². The molecule has 0 aromatic heterocycles. The number of Topliss-reactive ketones (excluding diaryl/α,β-unsaturated/α-hetero) is 1. The molecule has 0 amide bonds. The monoisotopic (exact) mass is 225 g/mol. The molecular weight excluding hydrogens is 210 g/mol. The Morgan fingerprint density at radius 3 is 2.62 bits per heavy atom. The van der Waals surface area contributed by atoms with Crippen molar-refractivity contribution in [2.45, 2.75) is 32.6 Å². The summed E-state index contributed by atoms with van der Waals surface area (Å²) in [4.78, 5) is 25.8. The van der Waals surface area contributed by atoms with Crippen LogP contribution in [-0.2, 0) is 9.59 Å². The van der Waals surface area contributed by atoms with Gasteiger partial charge in [-0.25, -0.2) is 0 Å². The molecule has 0 aliphatic heterocycles. The summed E-state index contributed by atoms with van der Waals surface area (Å²) in [6, 6.07) is 0. The van der Waals surface area contributed by atoms with E-state index in [-0.39, 0.29) is 23.7 Å². The zero-order valence-electron chi connectivity index (χ0n) is 9.19. The van der Waals surface area contributed by atoms with Gasteiger partial charge in [0.1, 0.15) is 12.3 Å². The summed E-state index contributed by atoms with van der Waals surface area (Å²) in [5.41, 5.74) is 0.625. The SMILES string of the molecule is CCC(=NCC(=O)O)C1=C(O)CCCC1=O. The molecular formula is C11H15NO4. The standard InChI is InChI=1S/C11H15NO4/c1-2-7(12-6-10(15)16)11-8(13)4-3-5-9(11)14/h13H,2-6H2,1H3,(H,15,16). The Morgan fingerprint density at radius 1 is 1.44 bits per heavy atom. The molecule has 0 saturated heterocycles. The van der Waals surface area contributed by atoms with Crippen molar-refractivity contribution >= 4 is 17.5 Å². The highest BCUT2D eigenvalue weighted by Gasteiger charge is 2.23. The second-order valence-electron chi connectivity index (χ2n) is 3.61. The number of rotatable bonds is 4. The smallest absolute Gasteiger partial charge is 0.325 e. The van der Waals surface area contributed by atoms with Crippen molar-refractivity contribution in [3.8, 4) is 0 Å². The Balaban J connectivity index is 2.98. The molecule has 1 aliphatic rings. The third-order valence-corrected chi connectivity index (χ3v) is 2.41. The first-order chi connectivity index (χ1) is 7.56. The second kappa shape index (κ2) is 5.44. The number of hydrogen-bond acceptors (Lipinski definition) is 4. The largest absolute Gasteiger partial charge is 0.511 e. The number of nitrogens with zero attached hydrogens (tertiary/aromatic N) is 1. The molecule has 0 spiro atoms. The Kier molecular flexibility index (Phi) is 4.22. The lowest BCUT2D eigenvalue weighted by Gasteiger charge is -2.15. The van der Waals surface area contributed by atoms with Crippen LogP contribution in [0.4, 0.5) is 0 Å². The predicted molar refractivity (Wildman–Crippen MR) is 58.7 cm³/mol. The van der Waals surface area contributed by atoms with Crippen molar-refractivity contribution < 1.29 is 19.8 Å². The number of carbonyl (C=O) groups excluding carboxylic acids is 1. The van der Waals surface area contributed by atoms with Crippen LogP contribution in [-0.4, -0.2) is 34.2 Å². The molecule has 1 aliphatic carbocycles. The molecule has 16 heavy (non-hydrogen) atoms. The Hall–Kier alpha value is -1.65. The minimum atomic E-state index is -1.05. The molecule has 1 rings (SSSR count). The molecule has 0 heterocycles. The lowest BCUT2D eigenvalue weighted by Crippen LogP contribution is -2.20. The number of ketones is 1. The summed E-state index contributed by atoms with van der Waals surface area (Å²) in [5.74, 6) is -1.15. The second-order valence-corrected chi connectivity index (χ2v) is 3.61. The summed E-state index contributed by atoms with van der Waals surface area (Å²) in [5, 5.41) is 18.2. The number of carboxylic acids is 1. The molecule has 0 aromatic rings. The Morgan fingerprint density at radius 2 is 2.12 bits per heavy atom. The molecule has 0 bridgehead atoms. The van der Waals surface area contributed by atoms with Crippen molar-refractivity contribution in [1.29, 1.82) is 0 Å². The summed E-state index contributed by atoms with van der Waals surface area (Å²) in [6.07, 6.45) is 1.95. The quantitative estimate of drug-likeness (QED) is 0.709. The van der Waals surface area contributed by atoms with E-state index in [0.717, 1.165) is 0 Å². The predicted octanol–water partition coefficient (Wildman–Crippen LogP) is 1.49. The molecule has 0 unspecified atom stereocenters. The maximum Gasteiger partial charge on any atom is 0.325 e. The summed E-state index contributed by atoms with van der Waals surface area (Å²) in [6.45, 7) is 1.41. The summed E-state index contributed by atoms with van der Waals surface area (Å²) < 4.78 is 0. The number of hydrogen-bond donors (Lipinski definition) is 2. The average molecular weight is 225 g/mol. The van der Waals surface area contributed by atoms with Crippen LogP contribution in [0.5, 0.6) is 0 Å². The van der Waals surface area contributed by atoms with Gasteiger partial charge in [0.25, 0.3) is 0 Å². The minimum Gasteiger partial charge on any atom is -0.511 e. The van der Waals surface area contributed by atoms with Gasteiger partial charge in [0.2, 0.25) is 0 Å². The van der Waals surface area contributed by atoms with E-state index in [0.29, 0.717) is 31.4 Å². The molecule has 0 fully saturated rings. The summed E-state index contributed by atoms with van der Waals surface area (Å²) in [7, 11) is 0. The van der Waals surface area contributed by atoms with Crippen LogP contribution in [0.2, 0.25) is 0 Å². The normalized spacial score (nSPS) is 17.8. The number of aliphatic hydroxyl groups excluding tert-OH is 1. The molecule has 5 heteroatoms. The van der Waals surface area contributed by atoms with Crippen molar-refractivity contribution in [3.05, 3.63) is 11.3 Å². The van der Waals surface area contributed by atoms with Crippen molar-refractivity contribution in [2.75, 3.05) is 6.54 Å². The van der Waals surface area contributed by atoms with Crippen LogP contribution in [0.15, 0.2) is 16.3 Å². The fraction of sp³-hybridized carbons (Fsp3) is 0.545. The number of carbonyl (C=O) groups is 2. The van der Waals surface area contributed by atoms with E-state index in [4.69, 9.17) is 5.11 Å². The lowest BCUT2D eigenvalue weighted by molar-refractivity contribution is -0.135. The van der Waals surface area contributed by atoms with Crippen LogP contribution in [0.25, 0.3) is 0 Å². The van der Waals surface area contributed by atoms with Crippen LogP contribution in [0, 0.1) is 0 Å². The van der Waals surface area contributed by atoms with Gasteiger partial charge in [0.05, 0.1) is 5.57 Å². The molecule has 5 nitrogen and oxygen atoms in total. The maximum atomic E-state index is 11.6. The van der Waals surface area contributed by atoms with Gasteiger partial charge in [-0.1, -0.05) is 6.92 Å². The van der Waals surface area contributed by atoms with Crippen LogP contribution in [0.1, 0.15) is 32.6 Å². The molecule has 0 radical (unpaired) electrons. The van der Waals surface area contributed by atoms with E-state index < -0.39 is 5.97 Å². The molecule has 0 atom stereocenters. The summed E-state index contributed by atoms with van der Waals surface area (Å²) >= 11 is 0. The van der Waals surface area contributed by atoms with Gasteiger partial charge in [-0.15, -0.1) is 0 Å². The highest BCUT2D eigenvalue weighted by atomic mass is 16.4. The first-order valence-electron chi connectivity index (χ1n) is 5.27. The molecule has 0 saturated carbocycles. The van der Waals surface area contributed by atoms with Gasteiger partial charge in [-0.2, -0.15) is 0 Å². The van der Waals surface area contributed by atoms with E-state index in [1.54, 1.807) is 6.92 Å². The van der Waals surface area contributed by atoms with Gasteiger partial charge >= 0.3 is 5.97 Å². The van der Waals surface area contributed by atoms with E-state index >= 15 is 0 Å². The fourth-order valence-electron chi connectivity index (χ4n) is 1.69. The Labute approximate surface area is 93.5 Å². The van der Waals surface area contributed by atoms with Gasteiger partial charge in [0.15, 0.2) is 5.78 Å². The van der Waals surface area contributed by atoms with Crippen LogP contribution in [0.3, 0.4) is 0 Å².